The summed E-state index contributed by atoms with van der Waals surface area (Å²) >= 11 is 0. The molecule has 2 fully saturated rings. The predicted octanol–water partition coefficient (Wildman–Crippen LogP) is 3.20. The maximum Gasteiger partial charge on any atom is 0.00699 e. The summed E-state index contributed by atoms with van der Waals surface area (Å²) in [6, 6.07) is 0.835. The van der Waals surface area contributed by atoms with Gasteiger partial charge in [0.15, 0.2) is 0 Å². The standard InChI is InChI=1S/C13H25N/c1-10-6-7-13(14-9-10)8-11(2)12-4-3-5-12/h10-14H,3-9H2,1-2H3. The van der Waals surface area contributed by atoms with E-state index in [9.17, 15) is 0 Å². The summed E-state index contributed by atoms with van der Waals surface area (Å²) < 4.78 is 0. The van der Waals surface area contributed by atoms with Crippen LogP contribution in [0.2, 0.25) is 0 Å². The normalized spacial score (nSPS) is 36.4. The zero-order chi connectivity index (χ0) is 9.97. The molecule has 0 amide bonds. The number of nitrogens with one attached hydrogen (secondary N) is 1. The van der Waals surface area contributed by atoms with Crippen LogP contribution >= 0.6 is 0 Å². The maximum absolute atomic E-state index is 3.70. The van der Waals surface area contributed by atoms with Crippen molar-refractivity contribution in [1.82, 2.24) is 5.32 Å². The Labute approximate surface area is 88.7 Å². The van der Waals surface area contributed by atoms with E-state index in [-0.39, 0.29) is 0 Å². The molecule has 1 aliphatic heterocycles. The molecule has 1 heterocycles. The van der Waals surface area contributed by atoms with Crippen molar-refractivity contribution in [2.75, 3.05) is 6.54 Å². The van der Waals surface area contributed by atoms with Crippen LogP contribution in [-0.4, -0.2) is 12.6 Å². The van der Waals surface area contributed by atoms with Crippen LogP contribution in [0.4, 0.5) is 0 Å². The first kappa shape index (κ1) is 10.5. The molecule has 1 heteroatoms. The van der Waals surface area contributed by atoms with Crippen LogP contribution < -0.4 is 5.32 Å². The molecule has 0 spiro atoms. The Morgan fingerprint density at radius 3 is 2.50 bits per heavy atom. The molecule has 0 radical (unpaired) electrons. The summed E-state index contributed by atoms with van der Waals surface area (Å²) in [4.78, 5) is 0. The van der Waals surface area contributed by atoms with Gasteiger partial charge in [-0.05, 0) is 43.6 Å². The molecular weight excluding hydrogens is 170 g/mol. The molecule has 0 aromatic rings. The maximum atomic E-state index is 3.70. The molecule has 1 saturated heterocycles. The van der Waals surface area contributed by atoms with Crippen molar-refractivity contribution in [2.24, 2.45) is 17.8 Å². The molecule has 1 saturated carbocycles. The van der Waals surface area contributed by atoms with Crippen LogP contribution in [0.15, 0.2) is 0 Å². The Morgan fingerprint density at radius 2 is 2.00 bits per heavy atom. The SMILES string of the molecule is CC1CCC(CC(C)C2CCC2)NC1. The molecule has 82 valence electrons. The number of rotatable bonds is 3. The first-order valence-corrected chi connectivity index (χ1v) is 6.49. The van der Waals surface area contributed by atoms with Crippen molar-refractivity contribution in [1.29, 1.82) is 0 Å². The van der Waals surface area contributed by atoms with E-state index in [0.717, 1.165) is 23.8 Å². The van der Waals surface area contributed by atoms with Crippen LogP contribution in [-0.2, 0) is 0 Å². The highest BCUT2D eigenvalue weighted by molar-refractivity contribution is 4.82. The van der Waals surface area contributed by atoms with E-state index in [1.165, 1.54) is 45.1 Å². The van der Waals surface area contributed by atoms with Crippen LogP contribution in [0.25, 0.3) is 0 Å². The Hall–Kier alpha value is -0.0400. The third-order valence-corrected chi connectivity index (χ3v) is 4.37. The summed E-state index contributed by atoms with van der Waals surface area (Å²) in [5, 5.41) is 3.70. The zero-order valence-electron chi connectivity index (χ0n) is 9.76. The lowest BCUT2D eigenvalue weighted by Gasteiger charge is -2.36. The van der Waals surface area contributed by atoms with Gasteiger partial charge in [-0.25, -0.2) is 0 Å². The van der Waals surface area contributed by atoms with Crippen LogP contribution in [0.5, 0.6) is 0 Å². The van der Waals surface area contributed by atoms with Crippen molar-refractivity contribution in [3.05, 3.63) is 0 Å². The lowest BCUT2D eigenvalue weighted by Crippen LogP contribution is -2.40. The van der Waals surface area contributed by atoms with Crippen LogP contribution in [0, 0.1) is 17.8 Å². The lowest BCUT2D eigenvalue weighted by atomic mass is 9.73. The Kier molecular flexibility index (Phi) is 3.48. The first-order chi connectivity index (χ1) is 6.75. The van der Waals surface area contributed by atoms with Crippen LogP contribution in [0.1, 0.15) is 52.4 Å². The van der Waals surface area contributed by atoms with Crippen molar-refractivity contribution in [3.8, 4) is 0 Å². The molecule has 3 atom stereocenters. The highest BCUT2D eigenvalue weighted by atomic mass is 14.9. The minimum Gasteiger partial charge on any atom is -0.314 e. The topological polar surface area (TPSA) is 12.0 Å². The Morgan fingerprint density at radius 1 is 1.21 bits per heavy atom. The largest absolute Gasteiger partial charge is 0.314 e. The minimum atomic E-state index is 0.835. The van der Waals surface area contributed by atoms with Gasteiger partial charge in [0.1, 0.15) is 0 Å². The quantitative estimate of drug-likeness (QED) is 0.729. The van der Waals surface area contributed by atoms with Gasteiger partial charge in [-0.1, -0.05) is 33.1 Å². The molecule has 2 rings (SSSR count). The van der Waals surface area contributed by atoms with Gasteiger partial charge in [-0.2, -0.15) is 0 Å². The van der Waals surface area contributed by atoms with E-state index in [2.05, 4.69) is 19.2 Å². The van der Waals surface area contributed by atoms with Gasteiger partial charge in [0.2, 0.25) is 0 Å². The van der Waals surface area contributed by atoms with Crippen molar-refractivity contribution >= 4 is 0 Å². The second kappa shape index (κ2) is 4.65. The third kappa shape index (κ3) is 2.50. The number of piperidine rings is 1. The van der Waals surface area contributed by atoms with Gasteiger partial charge in [0.25, 0.3) is 0 Å². The highest BCUT2D eigenvalue weighted by Gasteiger charge is 2.27. The van der Waals surface area contributed by atoms with Gasteiger partial charge >= 0.3 is 0 Å². The van der Waals surface area contributed by atoms with Gasteiger partial charge in [-0.3, -0.25) is 0 Å². The second-order valence-electron chi connectivity index (χ2n) is 5.69. The van der Waals surface area contributed by atoms with E-state index < -0.39 is 0 Å². The average Bonchev–Trinajstić information content (AvgIpc) is 2.06. The monoisotopic (exact) mass is 195 g/mol. The summed E-state index contributed by atoms with van der Waals surface area (Å²) in [6.07, 6.45) is 8.78. The second-order valence-corrected chi connectivity index (χ2v) is 5.69. The molecular formula is C13H25N. The van der Waals surface area contributed by atoms with E-state index in [1.54, 1.807) is 0 Å². The summed E-state index contributed by atoms with van der Waals surface area (Å²) in [5.74, 6) is 2.94. The molecule has 3 unspecified atom stereocenters. The summed E-state index contributed by atoms with van der Waals surface area (Å²) in [7, 11) is 0. The Balaban J connectivity index is 1.68. The van der Waals surface area contributed by atoms with Crippen molar-refractivity contribution in [3.63, 3.8) is 0 Å². The third-order valence-electron chi connectivity index (χ3n) is 4.37. The molecule has 0 aromatic carbocycles. The van der Waals surface area contributed by atoms with Crippen LogP contribution in [0.3, 0.4) is 0 Å². The first-order valence-electron chi connectivity index (χ1n) is 6.49. The van der Waals surface area contributed by atoms with E-state index in [0.29, 0.717) is 0 Å². The van der Waals surface area contributed by atoms with Gasteiger partial charge < -0.3 is 5.32 Å². The molecule has 1 N–H and O–H groups in total. The predicted molar refractivity (Wildman–Crippen MR) is 61.3 cm³/mol. The van der Waals surface area contributed by atoms with E-state index in [4.69, 9.17) is 0 Å². The minimum absolute atomic E-state index is 0.835. The fourth-order valence-electron chi connectivity index (χ4n) is 2.91. The van der Waals surface area contributed by atoms with Gasteiger partial charge in [0.05, 0.1) is 0 Å². The van der Waals surface area contributed by atoms with E-state index in [1.807, 2.05) is 0 Å². The molecule has 14 heavy (non-hydrogen) atoms. The number of hydrogen-bond donors (Lipinski definition) is 1. The summed E-state index contributed by atoms with van der Waals surface area (Å²) in [6.45, 7) is 6.07. The molecule has 0 aromatic heterocycles. The highest BCUT2D eigenvalue weighted by Crippen LogP contribution is 2.36. The molecule has 0 bridgehead atoms. The van der Waals surface area contributed by atoms with Gasteiger partial charge in [0, 0.05) is 6.04 Å². The molecule has 1 aliphatic carbocycles. The fraction of sp³-hybridized carbons (Fsp3) is 1.00. The Bertz CT molecular complexity index is 166. The lowest BCUT2D eigenvalue weighted by molar-refractivity contribution is 0.181. The average molecular weight is 195 g/mol. The van der Waals surface area contributed by atoms with Crippen molar-refractivity contribution in [2.45, 2.75) is 58.4 Å². The van der Waals surface area contributed by atoms with Gasteiger partial charge in [-0.15, -0.1) is 0 Å². The number of hydrogen-bond acceptors (Lipinski definition) is 1. The van der Waals surface area contributed by atoms with E-state index >= 15 is 0 Å². The summed E-state index contributed by atoms with van der Waals surface area (Å²) in [5.41, 5.74) is 0. The van der Waals surface area contributed by atoms with Crippen molar-refractivity contribution < 1.29 is 0 Å². The molecule has 2 aliphatic rings. The molecule has 1 nitrogen and oxygen atoms in total. The smallest absolute Gasteiger partial charge is 0.00699 e. The zero-order valence-corrected chi connectivity index (χ0v) is 9.76. The fourth-order valence-corrected chi connectivity index (χ4v) is 2.91.